The third kappa shape index (κ3) is 7.63. The van der Waals surface area contributed by atoms with Crippen molar-refractivity contribution in [2.24, 2.45) is 0 Å². The molecule has 4 heteroatoms. The summed E-state index contributed by atoms with van der Waals surface area (Å²) in [5.74, 6) is -0.174. The topological polar surface area (TPSA) is 46.1 Å². The van der Waals surface area contributed by atoms with E-state index >= 15 is 0 Å². The number of allylic oxidation sites excluding steroid dienone is 8. The Balaban J connectivity index is 0.00000800. The monoisotopic (exact) mass is 560 g/mol. The molecule has 0 aromatic heterocycles. The van der Waals surface area contributed by atoms with Crippen LogP contribution in [0.4, 0.5) is 0 Å². The number of benzene rings is 2. The fraction of sp³-hybridized carbons (Fsp3) is 0.222. The van der Waals surface area contributed by atoms with Crippen LogP contribution in [0.25, 0.3) is 48.6 Å². The van der Waals surface area contributed by atoms with Crippen molar-refractivity contribution >= 4 is 83.4 Å². The molecule has 0 saturated carbocycles. The van der Waals surface area contributed by atoms with Gasteiger partial charge in [0.1, 0.15) is 0 Å². The van der Waals surface area contributed by atoms with Gasteiger partial charge in [0.15, 0.2) is 0 Å². The van der Waals surface area contributed by atoms with Crippen LogP contribution in [0.1, 0.15) is 99.9 Å². The summed E-state index contributed by atoms with van der Waals surface area (Å²) in [5.41, 5.74) is 6.53. The Morgan fingerprint density at radius 1 is 0.350 bits per heavy atom. The quantitative estimate of drug-likeness (QED) is 0.272. The molecule has 0 fully saturated rings. The zero-order valence-corrected chi connectivity index (χ0v) is 27.4. The van der Waals surface area contributed by atoms with E-state index in [9.17, 15) is 10.2 Å². The van der Waals surface area contributed by atoms with Crippen LogP contribution in [0.15, 0.2) is 58.4 Å². The van der Waals surface area contributed by atoms with Gasteiger partial charge in [-0.15, -0.1) is 0 Å². The normalized spacial score (nSPS) is 12.8. The zero-order chi connectivity index (χ0) is 28.9. The maximum Gasteiger partial charge on any atom is 2.00 e. The second kappa shape index (κ2) is 17.7. The summed E-state index contributed by atoms with van der Waals surface area (Å²) in [5, 5.41) is 28.3. The zero-order valence-electron chi connectivity index (χ0n) is 25.2. The average Bonchev–Trinajstić information content (AvgIpc) is 2.92. The molecule has 204 valence electrons. The first-order valence-electron chi connectivity index (χ1n) is 13.4. The second-order valence-electron chi connectivity index (χ2n) is 8.73. The van der Waals surface area contributed by atoms with E-state index in [4.69, 9.17) is 0 Å². The molecule has 0 aliphatic carbocycles. The van der Waals surface area contributed by atoms with Crippen molar-refractivity contribution < 1.29 is 10.2 Å². The van der Waals surface area contributed by atoms with Gasteiger partial charge in [0.05, 0.1) is 0 Å². The van der Waals surface area contributed by atoms with E-state index in [1.54, 1.807) is 0 Å². The van der Waals surface area contributed by atoms with E-state index < -0.39 is 0 Å². The molecule has 0 unspecified atom stereocenters. The van der Waals surface area contributed by atoms with E-state index in [2.05, 4.69) is 0 Å². The molecule has 2 aromatic carbocycles. The molecule has 0 aliphatic rings. The van der Waals surface area contributed by atoms with Crippen LogP contribution in [0, 0.1) is 0 Å². The maximum atomic E-state index is 14.2. The van der Waals surface area contributed by atoms with Crippen LogP contribution in [0.2, 0.25) is 0 Å². The van der Waals surface area contributed by atoms with Gasteiger partial charge < -0.3 is 10.2 Å². The summed E-state index contributed by atoms with van der Waals surface area (Å²) in [6.45, 7) is 15.5. The molecule has 0 N–H and O–H groups in total. The van der Waals surface area contributed by atoms with Crippen LogP contribution in [0.3, 0.4) is 0 Å². The Morgan fingerprint density at radius 3 is 0.800 bits per heavy atom. The van der Waals surface area contributed by atoms with Gasteiger partial charge in [-0.2, -0.15) is 0 Å². The van der Waals surface area contributed by atoms with Gasteiger partial charge in [0, 0.05) is 9.79 Å². The van der Waals surface area contributed by atoms with E-state index in [1.165, 1.54) is 11.8 Å². The Hall–Kier alpha value is -2.92. The predicted molar refractivity (Wildman–Crippen MR) is 179 cm³/mol. The van der Waals surface area contributed by atoms with Gasteiger partial charge in [-0.05, 0) is 99.9 Å². The van der Waals surface area contributed by atoms with Gasteiger partial charge >= 0.3 is 23.1 Å². The van der Waals surface area contributed by atoms with E-state index in [0.29, 0.717) is 20.9 Å². The first kappa shape index (κ1) is 35.1. The summed E-state index contributed by atoms with van der Waals surface area (Å²) in [7, 11) is 0. The molecule has 2 rings (SSSR count). The molecule has 0 amide bonds. The molecular weight excluding hydrogens is 521 g/mol. The van der Waals surface area contributed by atoms with E-state index in [-0.39, 0.29) is 34.6 Å². The van der Waals surface area contributed by atoms with Crippen molar-refractivity contribution in [3.8, 4) is 11.5 Å². The van der Waals surface area contributed by atoms with Crippen molar-refractivity contribution in [2.45, 2.75) is 65.2 Å². The molecule has 0 atom stereocenters. The Labute approximate surface area is 262 Å². The maximum absolute atomic E-state index is 14.2. The van der Waals surface area contributed by atoms with Crippen molar-refractivity contribution in [2.75, 3.05) is 0 Å². The van der Waals surface area contributed by atoms with E-state index in [0.717, 1.165) is 33.4 Å². The van der Waals surface area contributed by atoms with Crippen LogP contribution >= 0.6 is 11.8 Å². The first-order chi connectivity index (χ1) is 18.9. The largest absolute Gasteiger partial charge is 2.00 e. The van der Waals surface area contributed by atoms with Gasteiger partial charge in [0.25, 0.3) is 0 Å². The first-order valence-corrected chi connectivity index (χ1v) is 14.2. The minimum Gasteiger partial charge on any atom is -0.871 e. The fourth-order valence-corrected chi connectivity index (χ4v) is 5.76. The number of hydrogen-bond acceptors (Lipinski definition) is 3. The van der Waals surface area contributed by atoms with Gasteiger partial charge in [0.2, 0.25) is 0 Å². The summed E-state index contributed by atoms with van der Waals surface area (Å²) < 4.78 is 0. The predicted octanol–water partition coefficient (Wildman–Crippen LogP) is 9.87. The molecule has 0 aliphatic heterocycles. The minimum absolute atomic E-state index is 0. The molecule has 2 nitrogen and oxygen atoms in total. The van der Waals surface area contributed by atoms with Crippen molar-refractivity contribution in [3.63, 3.8) is 0 Å². The average molecular weight is 561 g/mol. The minimum atomic E-state index is -0.0870. The second-order valence-corrected chi connectivity index (χ2v) is 9.75. The van der Waals surface area contributed by atoms with Gasteiger partial charge in [-0.1, -0.05) is 120 Å². The van der Waals surface area contributed by atoms with Crippen LogP contribution in [-0.2, 0) is 0 Å². The molecule has 0 spiro atoms. The van der Waals surface area contributed by atoms with Crippen molar-refractivity contribution in [1.82, 2.24) is 0 Å². The van der Waals surface area contributed by atoms with Gasteiger partial charge in [-0.3, -0.25) is 0 Å². The van der Waals surface area contributed by atoms with Crippen LogP contribution in [0.5, 0.6) is 11.5 Å². The van der Waals surface area contributed by atoms with Crippen molar-refractivity contribution in [1.29, 1.82) is 0 Å². The summed E-state index contributed by atoms with van der Waals surface area (Å²) in [4.78, 5) is 1.09. The molecule has 0 radical (unpaired) electrons. The summed E-state index contributed by atoms with van der Waals surface area (Å²) in [6, 6.07) is 0. The van der Waals surface area contributed by atoms with Gasteiger partial charge in [-0.25, -0.2) is 0 Å². The molecular formula is C36H40MgO2S. The molecule has 0 saturated heterocycles. The Bertz CT molecular complexity index is 1310. The Kier molecular flexibility index (Phi) is 15.5. The molecule has 2 aromatic rings. The molecule has 0 heterocycles. The third-order valence-electron chi connectivity index (χ3n) is 6.00. The summed E-state index contributed by atoms with van der Waals surface area (Å²) in [6.07, 6.45) is 31.3. The SMILES string of the molecule is C/C=C/c1c([O-])c(Sc2c([O-])c(/C=C/C)c(/C=C/C)c(/C=C/C)c2/C=C/C)c(/C=C/C)c(/C=C/C)c1/C=C/C.[Mg+2]. The fourth-order valence-electron chi connectivity index (χ4n) is 4.58. The smallest absolute Gasteiger partial charge is 0.871 e. The molecule has 0 bridgehead atoms. The van der Waals surface area contributed by atoms with E-state index in [1.807, 2.05) is 153 Å². The Morgan fingerprint density at radius 2 is 0.550 bits per heavy atom. The van der Waals surface area contributed by atoms with Crippen molar-refractivity contribution in [3.05, 3.63) is 93.1 Å². The standard InChI is InChI=1S/C36H42O2S.Mg/c1-9-17-25-27(19-11-3)31(23-15-7)35(33(37)29(25)21-13-5)39-36-32(24-16-8)28(20-12-4)26(18-10-2)30(22-14-6)34(36)38;/h9-24,37-38H,1-8H3;/q;+2/p-2/b17-9+,18-10+,19-11+,20-12+,21-13+,22-14+,23-15+,24-16+;. The van der Waals surface area contributed by atoms with Crippen LogP contribution in [-0.4, -0.2) is 23.1 Å². The number of rotatable bonds is 10. The summed E-state index contributed by atoms with van der Waals surface area (Å²) >= 11 is 1.28. The van der Waals surface area contributed by atoms with Crippen LogP contribution < -0.4 is 10.2 Å². The molecule has 40 heavy (non-hydrogen) atoms. The number of hydrogen-bond donors (Lipinski definition) is 0. The third-order valence-corrected chi connectivity index (χ3v) is 7.22.